The van der Waals surface area contributed by atoms with Crippen molar-refractivity contribution in [3.05, 3.63) is 95.3 Å². The molecule has 6 rings (SSSR count). The van der Waals surface area contributed by atoms with Crippen molar-refractivity contribution in [1.82, 2.24) is 9.97 Å². The number of alkyl halides is 12. The lowest BCUT2D eigenvalue weighted by Gasteiger charge is -2.33. The summed E-state index contributed by atoms with van der Waals surface area (Å²) in [7, 11) is 3.68. The predicted molar refractivity (Wildman–Crippen MR) is 232 cm³/mol. The first kappa shape index (κ1) is 57.1. The van der Waals surface area contributed by atoms with E-state index < -0.39 is 62.1 Å². The Kier molecular flexibility index (Phi) is 20.3. The predicted octanol–water partition coefficient (Wildman–Crippen LogP) is 11.2. The fourth-order valence-corrected chi connectivity index (χ4v) is 7.27. The van der Waals surface area contributed by atoms with Gasteiger partial charge in [0.05, 0.1) is 48.4 Å². The van der Waals surface area contributed by atoms with Crippen LogP contribution in [0.5, 0.6) is 11.5 Å². The summed E-state index contributed by atoms with van der Waals surface area (Å²) < 4.78 is 197. The summed E-state index contributed by atoms with van der Waals surface area (Å²) in [6, 6.07) is 11.4. The van der Waals surface area contributed by atoms with E-state index in [4.69, 9.17) is 15.2 Å². The minimum atomic E-state index is -4.73. The Hall–Kier alpha value is -4.52. The van der Waals surface area contributed by atoms with Gasteiger partial charge < -0.3 is 25.0 Å². The highest BCUT2D eigenvalue weighted by molar-refractivity contribution is 8.14. The Labute approximate surface area is 400 Å². The molecule has 0 radical (unpaired) electrons. The summed E-state index contributed by atoms with van der Waals surface area (Å²) in [6.07, 6.45) is -14.6. The maximum atomic E-state index is 13.8. The molecule has 2 saturated heterocycles. The molecule has 2 aliphatic heterocycles. The van der Waals surface area contributed by atoms with Crippen LogP contribution in [-0.4, -0.2) is 77.2 Å². The van der Waals surface area contributed by atoms with Crippen molar-refractivity contribution in [2.45, 2.75) is 62.6 Å². The molecule has 0 spiro atoms. The molecule has 2 N–H and O–H groups in total. The Morgan fingerprint density at radius 3 is 1.33 bits per heavy atom. The van der Waals surface area contributed by atoms with Crippen LogP contribution in [0, 0.1) is 0 Å². The van der Waals surface area contributed by atoms with Gasteiger partial charge in [0.1, 0.15) is 35.3 Å². The lowest BCUT2D eigenvalue weighted by molar-refractivity contribution is -0.162. The van der Waals surface area contributed by atoms with Crippen LogP contribution >= 0.6 is 35.1 Å². The molecule has 69 heavy (non-hydrogen) atoms. The Bertz CT molecular complexity index is 2330. The van der Waals surface area contributed by atoms with Crippen molar-refractivity contribution in [2.24, 2.45) is 0 Å². The van der Waals surface area contributed by atoms with E-state index in [9.17, 15) is 61.1 Å². The van der Waals surface area contributed by atoms with Crippen LogP contribution < -0.4 is 28.7 Å². The minimum Gasteiger partial charge on any atom is -0.490 e. The maximum absolute atomic E-state index is 13.8. The van der Waals surface area contributed by atoms with Crippen molar-refractivity contribution in [1.29, 1.82) is 0 Å². The van der Waals surface area contributed by atoms with Crippen LogP contribution in [-0.2, 0) is 52.2 Å². The molecule has 0 amide bonds. The zero-order valence-electron chi connectivity index (χ0n) is 36.0. The topological polar surface area (TPSA) is 151 Å². The normalized spacial score (nSPS) is 15.4. The zero-order valence-corrected chi connectivity index (χ0v) is 39.2. The Morgan fingerprint density at radius 1 is 0.623 bits per heavy atom. The summed E-state index contributed by atoms with van der Waals surface area (Å²) >= 11 is 0.882. The van der Waals surface area contributed by atoms with Gasteiger partial charge >= 0.3 is 24.7 Å². The number of anilines is 4. The lowest BCUT2D eigenvalue weighted by atomic mass is 10.1. The first-order valence-corrected chi connectivity index (χ1v) is 23.7. The second kappa shape index (κ2) is 24.5. The highest BCUT2D eigenvalue weighted by atomic mass is 35.7. The summed E-state index contributed by atoms with van der Waals surface area (Å²) in [5.41, 5.74) is 1.07. The number of pyridine rings is 2. The van der Waals surface area contributed by atoms with Gasteiger partial charge in [-0.15, -0.1) is 8.67 Å². The van der Waals surface area contributed by atoms with Gasteiger partial charge in [-0.05, 0) is 60.7 Å². The average molecular weight is 1080 g/mol. The third-order valence-corrected chi connectivity index (χ3v) is 10.8. The highest BCUT2D eigenvalue weighted by Crippen LogP contribution is 2.44. The van der Waals surface area contributed by atoms with E-state index in [0.717, 1.165) is 52.7 Å². The number of rotatable bonds is 13. The number of hydrogen-bond donors (Lipinski definition) is 1. The standard InChI is InChI=1S/C20H21F6N3O5S2.C18H17F6N3O.CH3ClO2S/c1-30-33-35-29(36-34-31-2)17-5-4-15(11-16(17)20(24,25)26)32-14-7-9-28(10-8-14)18-6-3-13(12-27-18)19(21,22)23;19-17(20,21)11-1-4-16(26-10-11)27-7-5-12(6-8-27)28-13-2-3-15(25)14(9-13)18(22,23)24;1-5(2,3)4/h3-6,11-12,14H,7-10H2,1-2H3;1-4,9-10,12H,5-8,25H2;1H3. The van der Waals surface area contributed by atoms with E-state index in [1.54, 1.807) is 4.90 Å². The molecule has 2 aliphatic rings. The lowest BCUT2D eigenvalue weighted by Crippen LogP contribution is -2.38. The van der Waals surface area contributed by atoms with Gasteiger partial charge in [0.15, 0.2) is 24.5 Å². The largest absolute Gasteiger partial charge is 0.490 e. The molecule has 2 aromatic heterocycles. The van der Waals surface area contributed by atoms with Crippen molar-refractivity contribution in [3.63, 3.8) is 0 Å². The van der Waals surface area contributed by atoms with Crippen molar-refractivity contribution in [2.75, 3.05) is 65.9 Å². The molecular weight excluding hydrogens is 1040 g/mol. The molecule has 4 heterocycles. The van der Waals surface area contributed by atoms with E-state index >= 15 is 0 Å². The number of benzene rings is 2. The molecule has 14 nitrogen and oxygen atoms in total. The number of nitrogens with two attached hydrogens (primary N) is 1. The molecule has 0 bridgehead atoms. The molecule has 4 aromatic rings. The quantitative estimate of drug-likeness (QED) is 0.0257. The number of halogens is 13. The SMILES string of the molecule is COOSN(SOOC)c1ccc(OC2CCN(c3ccc(C(F)(F)F)cn3)CC2)cc1C(F)(F)F.CS(=O)(=O)Cl.Nc1ccc(OC2CCN(c3ccc(C(F)(F)F)cn3)CC2)cc1C(F)(F)F. The molecule has 0 aliphatic carbocycles. The second-order valence-corrected chi connectivity index (χ2v) is 19.0. The Morgan fingerprint density at radius 2 is 1.00 bits per heavy atom. The minimum absolute atomic E-state index is 0.00690. The van der Waals surface area contributed by atoms with Crippen molar-refractivity contribution in [3.8, 4) is 11.5 Å². The molecule has 0 unspecified atom stereocenters. The average Bonchev–Trinajstić information content (AvgIpc) is 3.26. The summed E-state index contributed by atoms with van der Waals surface area (Å²) in [5, 5.41) is 0. The van der Waals surface area contributed by atoms with Crippen LogP contribution in [0.4, 0.5) is 75.7 Å². The molecular formula is C39H41ClF12N6O8S3. The first-order chi connectivity index (χ1) is 32.1. The van der Waals surface area contributed by atoms with E-state index in [1.807, 2.05) is 4.90 Å². The summed E-state index contributed by atoms with van der Waals surface area (Å²) in [4.78, 5) is 20.2. The monoisotopic (exact) mass is 1080 g/mol. The number of nitrogen functional groups attached to an aromatic ring is 1. The molecule has 2 fully saturated rings. The number of hydrogen-bond acceptors (Lipinski definition) is 16. The molecule has 2 aromatic carbocycles. The van der Waals surface area contributed by atoms with Crippen LogP contribution in [0.15, 0.2) is 73.1 Å². The molecule has 0 saturated carbocycles. The van der Waals surface area contributed by atoms with Crippen LogP contribution in [0.3, 0.4) is 0 Å². The summed E-state index contributed by atoms with van der Waals surface area (Å²) in [5.74, 6) is 0.884. The van der Waals surface area contributed by atoms with Gasteiger partial charge in [-0.1, -0.05) is 0 Å². The summed E-state index contributed by atoms with van der Waals surface area (Å²) in [6.45, 7) is 1.75. The maximum Gasteiger partial charge on any atom is 0.418 e. The van der Waals surface area contributed by atoms with Crippen LogP contribution in [0.25, 0.3) is 0 Å². The number of aromatic nitrogens is 2. The fraction of sp³-hybridized carbons (Fsp3) is 0.436. The first-order valence-electron chi connectivity index (χ1n) is 19.6. The fourth-order valence-electron chi connectivity index (χ4n) is 6.31. The number of piperidine rings is 2. The van der Waals surface area contributed by atoms with Crippen LogP contribution in [0.2, 0.25) is 0 Å². The third-order valence-electron chi connectivity index (χ3n) is 9.42. The van der Waals surface area contributed by atoms with E-state index in [0.29, 0.717) is 88.0 Å². The van der Waals surface area contributed by atoms with Gasteiger partial charge in [-0.2, -0.15) is 52.7 Å². The number of ether oxygens (including phenoxy) is 2. The van der Waals surface area contributed by atoms with Gasteiger partial charge in [0.2, 0.25) is 9.05 Å². The van der Waals surface area contributed by atoms with Crippen molar-refractivity contribution < 1.29 is 89.0 Å². The smallest absolute Gasteiger partial charge is 0.418 e. The number of nitrogens with zero attached hydrogens (tertiary/aromatic N) is 5. The highest BCUT2D eigenvalue weighted by Gasteiger charge is 2.38. The van der Waals surface area contributed by atoms with Gasteiger partial charge in [-0.25, -0.2) is 31.9 Å². The van der Waals surface area contributed by atoms with Gasteiger partial charge in [0.25, 0.3) is 0 Å². The zero-order chi connectivity index (χ0) is 51.4. The van der Waals surface area contributed by atoms with Crippen molar-refractivity contribution >= 4 is 67.2 Å². The molecule has 384 valence electrons. The van der Waals surface area contributed by atoms with Gasteiger partial charge in [-0.3, -0.25) is 0 Å². The molecule has 0 atom stereocenters. The van der Waals surface area contributed by atoms with E-state index in [2.05, 4.69) is 39.1 Å². The Balaban J connectivity index is 0.000000280. The van der Waals surface area contributed by atoms with E-state index in [-0.39, 0.29) is 29.0 Å². The second-order valence-electron chi connectivity index (χ2n) is 14.4. The van der Waals surface area contributed by atoms with Crippen LogP contribution in [0.1, 0.15) is 47.9 Å². The molecule has 30 heteroatoms. The third kappa shape index (κ3) is 18.6. The van der Waals surface area contributed by atoms with E-state index in [1.165, 1.54) is 44.6 Å². The van der Waals surface area contributed by atoms with Gasteiger partial charge in [0, 0.05) is 80.6 Å².